The lowest BCUT2D eigenvalue weighted by molar-refractivity contribution is -0.140. The second-order valence-corrected chi connectivity index (χ2v) is 9.84. The van der Waals surface area contributed by atoms with E-state index in [1.165, 1.54) is 6.07 Å². The molecule has 7 nitrogen and oxygen atoms in total. The first-order valence-corrected chi connectivity index (χ1v) is 10.9. The third kappa shape index (κ3) is 2.95. The Balaban J connectivity index is 1.65. The van der Waals surface area contributed by atoms with E-state index in [-0.39, 0.29) is 10.1 Å². The molecule has 146 valence electrons. The highest BCUT2D eigenvalue weighted by molar-refractivity contribution is 7.91. The van der Waals surface area contributed by atoms with Gasteiger partial charge in [-0.15, -0.1) is 11.3 Å². The van der Waals surface area contributed by atoms with Gasteiger partial charge in [0.05, 0.1) is 11.1 Å². The number of rotatable bonds is 6. The smallest absolute Gasteiger partial charge is 0.325 e. The molecule has 0 saturated heterocycles. The summed E-state index contributed by atoms with van der Waals surface area (Å²) < 4.78 is 33.8. The molecule has 2 N–H and O–H groups in total. The number of nitrogens with one attached hydrogen (secondary N) is 1. The van der Waals surface area contributed by atoms with E-state index in [1.807, 2.05) is 30.3 Å². The van der Waals surface area contributed by atoms with Gasteiger partial charge in [0, 0.05) is 5.92 Å². The first-order valence-electron chi connectivity index (χ1n) is 8.60. The number of nitrogens with zero attached hydrogens (tertiary/aromatic N) is 1. The molecule has 2 aromatic heterocycles. The Morgan fingerprint density at radius 3 is 2.57 bits per heavy atom. The van der Waals surface area contributed by atoms with E-state index in [9.17, 15) is 18.3 Å². The van der Waals surface area contributed by atoms with Crippen molar-refractivity contribution in [1.82, 2.24) is 9.71 Å². The normalized spacial score (nSPS) is 24.2. The summed E-state index contributed by atoms with van der Waals surface area (Å²) in [5, 5.41) is 9.85. The van der Waals surface area contributed by atoms with Crippen LogP contribution in [0.25, 0.3) is 10.8 Å². The maximum absolute atomic E-state index is 12.9. The summed E-state index contributed by atoms with van der Waals surface area (Å²) in [5.74, 6) is -1.05. The van der Waals surface area contributed by atoms with Crippen LogP contribution in [0.4, 0.5) is 0 Å². The summed E-state index contributed by atoms with van der Waals surface area (Å²) in [6.07, 6.45) is 1.55. The molecule has 1 unspecified atom stereocenters. The van der Waals surface area contributed by atoms with Gasteiger partial charge in [-0.3, -0.25) is 4.79 Å². The van der Waals surface area contributed by atoms with Crippen molar-refractivity contribution in [3.05, 3.63) is 60.0 Å². The van der Waals surface area contributed by atoms with Crippen molar-refractivity contribution in [3.63, 3.8) is 0 Å². The van der Waals surface area contributed by atoms with Gasteiger partial charge in [0.15, 0.2) is 0 Å². The van der Waals surface area contributed by atoms with Crippen molar-refractivity contribution in [3.8, 4) is 10.8 Å². The highest BCUT2D eigenvalue weighted by Gasteiger charge is 2.70. The van der Waals surface area contributed by atoms with Gasteiger partial charge < -0.3 is 9.52 Å². The Morgan fingerprint density at radius 2 is 1.96 bits per heavy atom. The first-order chi connectivity index (χ1) is 13.3. The molecule has 9 heteroatoms. The van der Waals surface area contributed by atoms with E-state index in [0.717, 1.165) is 16.9 Å². The third-order valence-corrected chi connectivity index (χ3v) is 8.14. The van der Waals surface area contributed by atoms with E-state index in [4.69, 9.17) is 4.42 Å². The summed E-state index contributed by atoms with van der Waals surface area (Å²) >= 11 is 0.985. The van der Waals surface area contributed by atoms with Crippen LogP contribution in [0.3, 0.4) is 0 Å². The lowest BCUT2D eigenvalue weighted by Crippen LogP contribution is -2.45. The number of aryl methyl sites for hydroxylation is 1. The van der Waals surface area contributed by atoms with Crippen molar-refractivity contribution in [2.75, 3.05) is 0 Å². The van der Waals surface area contributed by atoms with Crippen LogP contribution in [0.2, 0.25) is 0 Å². The molecule has 0 spiro atoms. The molecule has 1 aliphatic carbocycles. The Labute approximate surface area is 166 Å². The second kappa shape index (κ2) is 6.54. The topological polar surface area (TPSA) is 110 Å². The highest BCUT2D eigenvalue weighted by atomic mass is 32.2. The van der Waals surface area contributed by atoms with E-state index >= 15 is 0 Å². The van der Waals surface area contributed by atoms with Gasteiger partial charge in [-0.2, -0.15) is 4.72 Å². The van der Waals surface area contributed by atoms with Crippen molar-refractivity contribution in [2.45, 2.75) is 29.5 Å². The number of sulfonamides is 1. The fraction of sp³-hybridized carbons (Fsp3) is 0.263. The number of hydrogen-bond donors (Lipinski definition) is 2. The van der Waals surface area contributed by atoms with Crippen LogP contribution in [0, 0.1) is 12.8 Å². The Hall–Kier alpha value is -2.49. The average molecular weight is 418 g/mol. The number of aliphatic carboxylic acids is 1. The summed E-state index contributed by atoms with van der Waals surface area (Å²) in [7, 11) is -4.04. The van der Waals surface area contributed by atoms with Gasteiger partial charge in [-0.25, -0.2) is 13.4 Å². The SMILES string of the molecule is Cc1cnc(-c2ccc(S(=O)(=O)N[C@@]3(C(=O)O)C(C)[C@H]3c3ccccc3)s2)o1. The number of carbonyl (C=O) groups is 1. The maximum Gasteiger partial charge on any atom is 0.325 e. The minimum absolute atomic E-state index is 0.0184. The molecule has 4 rings (SSSR count). The van der Waals surface area contributed by atoms with Crippen LogP contribution in [0.15, 0.2) is 57.3 Å². The van der Waals surface area contributed by atoms with E-state index in [0.29, 0.717) is 16.5 Å². The zero-order chi connectivity index (χ0) is 20.1. The van der Waals surface area contributed by atoms with Gasteiger partial charge in [0.25, 0.3) is 10.0 Å². The lowest BCUT2D eigenvalue weighted by Gasteiger charge is -2.15. The van der Waals surface area contributed by atoms with Gasteiger partial charge in [0.1, 0.15) is 15.5 Å². The number of aromatic nitrogens is 1. The van der Waals surface area contributed by atoms with Crippen LogP contribution in [0.1, 0.15) is 24.2 Å². The largest absolute Gasteiger partial charge is 0.480 e. The number of carboxylic acids is 1. The van der Waals surface area contributed by atoms with Crippen LogP contribution < -0.4 is 4.72 Å². The average Bonchev–Trinajstić information content (AvgIpc) is 3.06. The number of hydrogen-bond acceptors (Lipinski definition) is 6. The fourth-order valence-corrected chi connectivity index (χ4v) is 6.32. The van der Waals surface area contributed by atoms with Crippen molar-refractivity contribution >= 4 is 27.3 Å². The molecular weight excluding hydrogens is 400 g/mol. The lowest BCUT2D eigenvalue weighted by atomic mass is 10.1. The first kappa shape index (κ1) is 18.9. The number of thiophene rings is 1. The maximum atomic E-state index is 12.9. The predicted octanol–water partition coefficient (Wildman–Crippen LogP) is 3.25. The van der Waals surface area contributed by atoms with Gasteiger partial charge in [0.2, 0.25) is 5.89 Å². The molecule has 2 heterocycles. The van der Waals surface area contributed by atoms with E-state index < -0.39 is 27.4 Å². The molecular formula is C19H18N2O5S2. The standard InChI is InChI=1S/C19H18N2O5S2/c1-11-10-20-17(26-11)14-8-9-15(27-14)28(24,25)21-19(18(22)23)12(2)16(19)13-6-4-3-5-7-13/h3-10,12,16,21H,1-2H3,(H,22,23)/t12?,16-,19-/m0/s1. The monoisotopic (exact) mass is 418 g/mol. The predicted molar refractivity (Wildman–Crippen MR) is 104 cm³/mol. The summed E-state index contributed by atoms with van der Waals surface area (Å²) in [5.41, 5.74) is -0.772. The van der Waals surface area contributed by atoms with Gasteiger partial charge in [-0.1, -0.05) is 37.3 Å². The molecule has 0 radical (unpaired) electrons. The summed E-state index contributed by atoms with van der Waals surface area (Å²) in [6.45, 7) is 3.49. The van der Waals surface area contributed by atoms with Gasteiger partial charge >= 0.3 is 5.97 Å². The quantitative estimate of drug-likeness (QED) is 0.636. The van der Waals surface area contributed by atoms with Crippen LogP contribution >= 0.6 is 11.3 Å². The van der Waals surface area contributed by atoms with Crippen LogP contribution in [-0.4, -0.2) is 30.0 Å². The molecule has 0 aliphatic heterocycles. The number of oxazole rings is 1. The zero-order valence-corrected chi connectivity index (χ0v) is 16.8. The van der Waals surface area contributed by atoms with E-state index in [1.54, 1.807) is 26.1 Å². The van der Waals surface area contributed by atoms with Crippen LogP contribution in [0.5, 0.6) is 0 Å². The Morgan fingerprint density at radius 1 is 1.25 bits per heavy atom. The van der Waals surface area contributed by atoms with E-state index in [2.05, 4.69) is 9.71 Å². The fourth-order valence-electron chi connectivity index (χ4n) is 3.62. The third-order valence-electron chi connectivity index (χ3n) is 5.09. The summed E-state index contributed by atoms with van der Waals surface area (Å²) in [4.78, 5) is 16.7. The molecule has 1 aromatic carbocycles. The highest BCUT2D eigenvalue weighted by Crippen LogP contribution is 2.58. The minimum atomic E-state index is -4.04. The van der Waals surface area contributed by atoms with Gasteiger partial charge in [-0.05, 0) is 30.5 Å². The van der Waals surface area contributed by atoms with Crippen LogP contribution in [-0.2, 0) is 14.8 Å². The molecule has 0 amide bonds. The number of benzene rings is 1. The Kier molecular flexibility index (Phi) is 4.40. The molecule has 1 fully saturated rings. The molecule has 1 aliphatic rings. The van der Waals surface area contributed by atoms with Crippen molar-refractivity contribution in [2.24, 2.45) is 5.92 Å². The molecule has 1 saturated carbocycles. The summed E-state index contributed by atoms with van der Waals surface area (Å²) in [6, 6.07) is 12.1. The number of carboxylic acid groups (broad SMARTS) is 1. The molecule has 3 atom stereocenters. The van der Waals surface area contributed by atoms with Crippen molar-refractivity contribution < 1.29 is 22.7 Å². The second-order valence-electron chi connectivity index (χ2n) is 6.85. The minimum Gasteiger partial charge on any atom is -0.480 e. The molecule has 0 bridgehead atoms. The van der Waals surface area contributed by atoms with Crippen molar-refractivity contribution in [1.29, 1.82) is 0 Å². The zero-order valence-electron chi connectivity index (χ0n) is 15.1. The Bertz CT molecular complexity index is 1140. The molecule has 28 heavy (non-hydrogen) atoms. The molecule has 3 aromatic rings.